The highest BCUT2D eigenvalue weighted by molar-refractivity contribution is 7.10. The minimum absolute atomic E-state index is 0.106. The number of hydrogen-bond acceptors (Lipinski definition) is 3. The lowest BCUT2D eigenvalue weighted by Gasteiger charge is -2.29. The van der Waals surface area contributed by atoms with Gasteiger partial charge in [-0.05, 0) is 41.5 Å². The van der Waals surface area contributed by atoms with Gasteiger partial charge in [-0.25, -0.2) is 0 Å². The average molecular weight is 300 g/mol. The molecule has 1 amide bonds. The number of thiophene rings is 1. The number of fused-ring (bicyclic) bond motifs is 1. The second kappa shape index (κ2) is 6.00. The van der Waals surface area contributed by atoms with Crippen LogP contribution in [0.2, 0.25) is 0 Å². The van der Waals surface area contributed by atoms with Crippen molar-refractivity contribution in [3.8, 4) is 0 Å². The smallest absolute Gasteiger partial charge is 0.240 e. The Morgan fingerprint density at radius 3 is 2.81 bits per heavy atom. The number of hydrogen-bond donors (Lipinski definition) is 1. The van der Waals surface area contributed by atoms with E-state index in [1.54, 1.807) is 11.3 Å². The molecule has 0 spiro atoms. The third-order valence-corrected chi connectivity index (χ3v) is 5.11. The number of aryl methyl sites for hydroxylation is 1. The van der Waals surface area contributed by atoms with Crippen molar-refractivity contribution in [2.45, 2.75) is 32.5 Å². The second-order valence-corrected chi connectivity index (χ2v) is 6.63. The molecule has 1 N–H and O–H groups in total. The molecule has 0 fully saturated rings. The molecule has 1 atom stereocenters. The SMILES string of the molecule is Cc1ccsc1CN(C)C(=O)C1Cc2ccccc2CN1. The fourth-order valence-electron chi connectivity index (χ4n) is 2.75. The highest BCUT2D eigenvalue weighted by Crippen LogP contribution is 2.20. The predicted molar refractivity (Wildman–Crippen MR) is 86.3 cm³/mol. The zero-order chi connectivity index (χ0) is 14.8. The summed E-state index contributed by atoms with van der Waals surface area (Å²) in [5.41, 5.74) is 3.86. The van der Waals surface area contributed by atoms with Gasteiger partial charge < -0.3 is 10.2 Å². The quantitative estimate of drug-likeness (QED) is 0.945. The van der Waals surface area contributed by atoms with Crippen molar-refractivity contribution < 1.29 is 4.79 Å². The Bertz CT molecular complexity index is 650. The number of nitrogens with zero attached hydrogens (tertiary/aromatic N) is 1. The van der Waals surface area contributed by atoms with Gasteiger partial charge in [0.1, 0.15) is 0 Å². The molecule has 4 heteroatoms. The molecule has 21 heavy (non-hydrogen) atoms. The molecule has 0 aliphatic carbocycles. The summed E-state index contributed by atoms with van der Waals surface area (Å²) < 4.78 is 0. The number of nitrogens with one attached hydrogen (secondary N) is 1. The van der Waals surface area contributed by atoms with E-state index in [9.17, 15) is 4.79 Å². The molecule has 1 unspecified atom stereocenters. The van der Waals surface area contributed by atoms with Gasteiger partial charge in [0.15, 0.2) is 0 Å². The van der Waals surface area contributed by atoms with Crippen LogP contribution in [0.4, 0.5) is 0 Å². The van der Waals surface area contributed by atoms with Crippen LogP contribution in [0, 0.1) is 6.92 Å². The van der Waals surface area contributed by atoms with Crippen molar-refractivity contribution in [2.75, 3.05) is 7.05 Å². The molecule has 3 rings (SSSR count). The van der Waals surface area contributed by atoms with Crippen LogP contribution in [0.25, 0.3) is 0 Å². The number of carbonyl (C=O) groups is 1. The zero-order valence-electron chi connectivity index (χ0n) is 12.4. The topological polar surface area (TPSA) is 32.3 Å². The Morgan fingerprint density at radius 1 is 1.33 bits per heavy atom. The van der Waals surface area contributed by atoms with Crippen molar-refractivity contribution in [1.82, 2.24) is 10.2 Å². The Hall–Kier alpha value is -1.65. The van der Waals surface area contributed by atoms with Crippen LogP contribution in [-0.4, -0.2) is 23.9 Å². The summed E-state index contributed by atoms with van der Waals surface area (Å²) in [7, 11) is 1.89. The molecule has 2 aromatic rings. The summed E-state index contributed by atoms with van der Waals surface area (Å²) in [5.74, 6) is 0.178. The average Bonchev–Trinajstić information content (AvgIpc) is 2.91. The van der Waals surface area contributed by atoms with E-state index >= 15 is 0 Å². The predicted octanol–water partition coefficient (Wildman–Crippen LogP) is 2.73. The fourth-order valence-corrected chi connectivity index (χ4v) is 3.71. The molecule has 2 heterocycles. The number of likely N-dealkylation sites (N-methyl/N-ethyl adjacent to an activating group) is 1. The van der Waals surface area contributed by atoms with Crippen molar-refractivity contribution in [2.24, 2.45) is 0 Å². The van der Waals surface area contributed by atoms with Gasteiger partial charge in [-0.2, -0.15) is 0 Å². The molecular formula is C17H20N2OS. The van der Waals surface area contributed by atoms with Crippen molar-refractivity contribution >= 4 is 17.2 Å². The lowest BCUT2D eigenvalue weighted by Crippen LogP contribution is -2.47. The maximum absolute atomic E-state index is 12.6. The Labute approximate surface area is 129 Å². The van der Waals surface area contributed by atoms with Crippen molar-refractivity contribution in [3.63, 3.8) is 0 Å². The first-order chi connectivity index (χ1) is 10.1. The van der Waals surface area contributed by atoms with E-state index in [0.29, 0.717) is 6.54 Å². The van der Waals surface area contributed by atoms with E-state index in [2.05, 4.69) is 35.8 Å². The summed E-state index contributed by atoms with van der Waals surface area (Å²) in [6.45, 7) is 3.57. The Kier molecular flexibility index (Phi) is 4.08. The second-order valence-electron chi connectivity index (χ2n) is 5.63. The Morgan fingerprint density at radius 2 is 2.10 bits per heavy atom. The number of rotatable bonds is 3. The molecule has 1 aromatic heterocycles. The minimum atomic E-state index is -0.106. The van der Waals surface area contributed by atoms with E-state index < -0.39 is 0 Å². The summed E-state index contributed by atoms with van der Waals surface area (Å²) >= 11 is 1.72. The van der Waals surface area contributed by atoms with Crippen molar-refractivity contribution in [3.05, 3.63) is 57.3 Å². The van der Waals surface area contributed by atoms with Crippen LogP contribution in [-0.2, 0) is 24.3 Å². The summed E-state index contributed by atoms with van der Waals surface area (Å²) in [6.07, 6.45) is 0.781. The third kappa shape index (κ3) is 3.01. The summed E-state index contributed by atoms with van der Waals surface area (Å²) in [4.78, 5) is 15.7. The van der Waals surface area contributed by atoms with Gasteiger partial charge in [-0.3, -0.25) is 4.79 Å². The summed E-state index contributed by atoms with van der Waals surface area (Å²) in [6, 6.07) is 10.3. The lowest BCUT2D eigenvalue weighted by atomic mass is 9.95. The largest absolute Gasteiger partial charge is 0.339 e. The third-order valence-electron chi connectivity index (χ3n) is 4.10. The van der Waals surface area contributed by atoms with Crippen LogP contribution in [0.1, 0.15) is 21.6 Å². The molecule has 1 aliphatic heterocycles. The van der Waals surface area contributed by atoms with E-state index in [-0.39, 0.29) is 11.9 Å². The number of benzene rings is 1. The molecule has 0 saturated heterocycles. The first-order valence-corrected chi connectivity index (χ1v) is 8.11. The number of amides is 1. The highest BCUT2D eigenvalue weighted by atomic mass is 32.1. The van der Waals surface area contributed by atoms with Gasteiger partial charge >= 0.3 is 0 Å². The van der Waals surface area contributed by atoms with E-state index in [1.165, 1.54) is 21.6 Å². The monoisotopic (exact) mass is 300 g/mol. The minimum Gasteiger partial charge on any atom is -0.339 e. The van der Waals surface area contributed by atoms with E-state index in [4.69, 9.17) is 0 Å². The van der Waals surface area contributed by atoms with Gasteiger partial charge in [-0.1, -0.05) is 24.3 Å². The first kappa shape index (κ1) is 14.3. The molecule has 1 aromatic carbocycles. The van der Waals surface area contributed by atoms with Gasteiger partial charge in [0.25, 0.3) is 0 Å². The molecular weight excluding hydrogens is 280 g/mol. The first-order valence-electron chi connectivity index (χ1n) is 7.23. The van der Waals surface area contributed by atoms with Crippen LogP contribution >= 0.6 is 11.3 Å². The van der Waals surface area contributed by atoms with E-state index in [1.807, 2.05) is 24.1 Å². The fraction of sp³-hybridized carbons (Fsp3) is 0.353. The van der Waals surface area contributed by atoms with Crippen LogP contribution < -0.4 is 5.32 Å². The van der Waals surface area contributed by atoms with Gasteiger partial charge in [-0.15, -0.1) is 11.3 Å². The molecule has 0 bridgehead atoms. The molecule has 0 radical (unpaired) electrons. The lowest BCUT2D eigenvalue weighted by molar-refractivity contribution is -0.132. The molecule has 3 nitrogen and oxygen atoms in total. The van der Waals surface area contributed by atoms with Crippen molar-refractivity contribution in [1.29, 1.82) is 0 Å². The zero-order valence-corrected chi connectivity index (χ0v) is 13.2. The maximum Gasteiger partial charge on any atom is 0.240 e. The molecule has 1 aliphatic rings. The van der Waals surface area contributed by atoms with E-state index in [0.717, 1.165) is 13.0 Å². The van der Waals surface area contributed by atoms with Crippen LogP contribution in [0.15, 0.2) is 35.7 Å². The number of carbonyl (C=O) groups excluding carboxylic acids is 1. The van der Waals surface area contributed by atoms with Gasteiger partial charge in [0, 0.05) is 18.5 Å². The molecule has 0 saturated carbocycles. The van der Waals surface area contributed by atoms with Crippen LogP contribution in [0.3, 0.4) is 0 Å². The Balaban J connectivity index is 1.67. The molecule has 110 valence electrons. The van der Waals surface area contributed by atoms with Gasteiger partial charge in [0.2, 0.25) is 5.91 Å². The van der Waals surface area contributed by atoms with Gasteiger partial charge in [0.05, 0.1) is 12.6 Å². The highest BCUT2D eigenvalue weighted by Gasteiger charge is 2.26. The normalized spacial score (nSPS) is 17.3. The summed E-state index contributed by atoms with van der Waals surface area (Å²) in [5, 5.41) is 5.44. The van der Waals surface area contributed by atoms with Crippen LogP contribution in [0.5, 0.6) is 0 Å². The standard InChI is InChI=1S/C17H20N2OS/c1-12-7-8-21-16(12)11-19(2)17(20)15-9-13-5-3-4-6-14(13)10-18-15/h3-8,15,18H,9-11H2,1-2H3. The maximum atomic E-state index is 12.6.